The highest BCUT2D eigenvalue weighted by atomic mass is 79.9. The third-order valence-corrected chi connectivity index (χ3v) is 10.3. The maximum Gasteiger partial charge on any atom is 0.223 e. The van der Waals surface area contributed by atoms with Gasteiger partial charge in [0, 0.05) is 29.0 Å². The van der Waals surface area contributed by atoms with Crippen LogP contribution in [0.2, 0.25) is 0 Å². The van der Waals surface area contributed by atoms with E-state index in [1.807, 2.05) is 24.3 Å². The molecule has 5 fully saturated rings. The highest BCUT2D eigenvalue weighted by Gasteiger charge is 2.52. The van der Waals surface area contributed by atoms with Crippen molar-refractivity contribution in [3.05, 3.63) is 34.3 Å². The SMILES string of the molecule is O=C(NC12CC3CC(CC(C3)C1)C2)C1CCN(S(=O)(=O)Cc2ccc(Br)cc2)CC1. The summed E-state index contributed by atoms with van der Waals surface area (Å²) >= 11 is 3.38. The van der Waals surface area contributed by atoms with Crippen LogP contribution in [0.3, 0.4) is 0 Å². The number of nitrogens with zero attached hydrogens (tertiary/aromatic N) is 1. The van der Waals surface area contributed by atoms with Gasteiger partial charge in [-0.15, -0.1) is 0 Å². The molecule has 1 N–H and O–H groups in total. The third-order valence-electron chi connectivity index (χ3n) is 7.91. The van der Waals surface area contributed by atoms with Crippen LogP contribution < -0.4 is 5.32 Å². The van der Waals surface area contributed by atoms with E-state index >= 15 is 0 Å². The minimum atomic E-state index is -3.36. The van der Waals surface area contributed by atoms with Gasteiger partial charge in [0.1, 0.15) is 0 Å². The van der Waals surface area contributed by atoms with Gasteiger partial charge in [0.15, 0.2) is 0 Å². The lowest BCUT2D eigenvalue weighted by molar-refractivity contribution is -0.132. The Kier molecular flexibility index (Phi) is 5.51. The molecule has 4 bridgehead atoms. The van der Waals surface area contributed by atoms with Crippen molar-refractivity contribution >= 4 is 31.9 Å². The molecule has 0 unspecified atom stereocenters. The van der Waals surface area contributed by atoms with E-state index in [9.17, 15) is 13.2 Å². The normalized spacial score (nSPS) is 34.2. The number of piperidine rings is 1. The molecule has 1 aromatic rings. The second-order valence-electron chi connectivity index (χ2n) is 10.2. The number of nitrogens with one attached hydrogen (secondary N) is 1. The first-order chi connectivity index (χ1) is 14.3. The summed E-state index contributed by atoms with van der Waals surface area (Å²) in [5, 5.41) is 3.48. The molecule has 0 spiro atoms. The standard InChI is InChI=1S/C23H31BrN2O3S/c24-21-3-1-16(2-4-21)15-30(28,29)26-7-5-20(6-8-26)22(27)25-23-12-17-9-18(13-23)11-19(10-17)14-23/h1-4,17-20H,5-15H2,(H,25,27). The predicted octanol–water partition coefficient (Wildman–Crippen LogP) is 4.08. The van der Waals surface area contributed by atoms with Crippen LogP contribution in [0.4, 0.5) is 0 Å². The van der Waals surface area contributed by atoms with Gasteiger partial charge < -0.3 is 5.32 Å². The molecule has 0 radical (unpaired) electrons. The van der Waals surface area contributed by atoms with Gasteiger partial charge in [0.05, 0.1) is 5.75 Å². The molecule has 0 atom stereocenters. The number of carbonyl (C=O) groups excluding carboxylic acids is 1. The Labute approximate surface area is 188 Å². The van der Waals surface area contributed by atoms with Crippen molar-refractivity contribution in [1.82, 2.24) is 9.62 Å². The molecule has 1 heterocycles. The quantitative estimate of drug-likeness (QED) is 0.670. The minimum Gasteiger partial charge on any atom is -0.350 e. The molecule has 4 aliphatic carbocycles. The highest BCUT2D eigenvalue weighted by Crippen LogP contribution is 2.55. The zero-order chi connectivity index (χ0) is 20.9. The van der Waals surface area contributed by atoms with E-state index in [1.165, 1.54) is 19.3 Å². The molecule has 4 saturated carbocycles. The lowest BCUT2D eigenvalue weighted by Gasteiger charge is -2.57. The maximum atomic E-state index is 13.1. The number of amides is 1. The fourth-order valence-corrected chi connectivity index (χ4v) is 8.73. The molecule has 0 aromatic heterocycles. The Morgan fingerprint density at radius 2 is 1.53 bits per heavy atom. The van der Waals surface area contributed by atoms with E-state index in [4.69, 9.17) is 0 Å². The summed E-state index contributed by atoms with van der Waals surface area (Å²) in [7, 11) is -3.36. The largest absolute Gasteiger partial charge is 0.350 e. The first-order valence-electron chi connectivity index (χ1n) is 11.3. The molecule has 6 rings (SSSR count). The van der Waals surface area contributed by atoms with Crippen LogP contribution in [0.25, 0.3) is 0 Å². The molecule has 5 aliphatic rings. The van der Waals surface area contributed by atoms with Crippen molar-refractivity contribution in [2.75, 3.05) is 13.1 Å². The summed E-state index contributed by atoms with van der Waals surface area (Å²) in [6.45, 7) is 0.885. The first-order valence-corrected chi connectivity index (χ1v) is 13.7. The number of hydrogen-bond acceptors (Lipinski definition) is 3. The maximum absolute atomic E-state index is 13.1. The number of rotatable bonds is 5. The molecule has 1 amide bonds. The van der Waals surface area contributed by atoms with E-state index in [0.29, 0.717) is 25.9 Å². The smallest absolute Gasteiger partial charge is 0.223 e. The number of sulfonamides is 1. The van der Waals surface area contributed by atoms with Gasteiger partial charge in [0.25, 0.3) is 0 Å². The summed E-state index contributed by atoms with van der Waals surface area (Å²) in [5.74, 6) is 2.55. The number of hydrogen-bond donors (Lipinski definition) is 1. The predicted molar refractivity (Wildman–Crippen MR) is 120 cm³/mol. The van der Waals surface area contributed by atoms with Gasteiger partial charge in [0.2, 0.25) is 15.9 Å². The van der Waals surface area contributed by atoms with Gasteiger partial charge in [-0.2, -0.15) is 0 Å². The zero-order valence-electron chi connectivity index (χ0n) is 17.4. The molecule has 7 heteroatoms. The van der Waals surface area contributed by atoms with E-state index < -0.39 is 10.0 Å². The molecule has 1 saturated heterocycles. The fraction of sp³-hybridized carbons (Fsp3) is 0.696. The van der Waals surface area contributed by atoms with E-state index in [2.05, 4.69) is 21.2 Å². The van der Waals surface area contributed by atoms with Crippen molar-refractivity contribution < 1.29 is 13.2 Å². The molecule has 1 aromatic carbocycles. The van der Waals surface area contributed by atoms with Crippen LogP contribution in [-0.2, 0) is 20.6 Å². The van der Waals surface area contributed by atoms with Crippen LogP contribution in [0.1, 0.15) is 56.9 Å². The topological polar surface area (TPSA) is 66.5 Å². The number of halogens is 1. The van der Waals surface area contributed by atoms with Gasteiger partial charge >= 0.3 is 0 Å². The van der Waals surface area contributed by atoms with Crippen molar-refractivity contribution in [3.63, 3.8) is 0 Å². The lowest BCUT2D eigenvalue weighted by atomic mass is 9.53. The summed E-state index contributed by atoms with van der Waals surface area (Å²) in [5.41, 5.74) is 0.830. The monoisotopic (exact) mass is 494 g/mol. The molecule has 1 aliphatic heterocycles. The van der Waals surface area contributed by atoms with Gasteiger partial charge in [-0.25, -0.2) is 12.7 Å². The average Bonchev–Trinajstić information content (AvgIpc) is 2.68. The summed E-state index contributed by atoms with van der Waals surface area (Å²) in [4.78, 5) is 13.1. The first kappa shape index (κ1) is 21.0. The van der Waals surface area contributed by atoms with Crippen molar-refractivity contribution in [2.24, 2.45) is 23.7 Å². The minimum absolute atomic E-state index is 0.0183. The van der Waals surface area contributed by atoms with Crippen molar-refractivity contribution in [2.45, 2.75) is 62.7 Å². The van der Waals surface area contributed by atoms with Crippen LogP contribution in [0.15, 0.2) is 28.7 Å². The summed E-state index contributed by atoms with van der Waals surface area (Å²) < 4.78 is 28.2. The van der Waals surface area contributed by atoms with E-state index in [0.717, 1.165) is 47.1 Å². The average molecular weight is 495 g/mol. The Morgan fingerprint density at radius 1 is 1.00 bits per heavy atom. The number of carbonyl (C=O) groups is 1. The van der Waals surface area contributed by atoms with Crippen LogP contribution in [0.5, 0.6) is 0 Å². The number of benzene rings is 1. The zero-order valence-corrected chi connectivity index (χ0v) is 19.8. The Hall–Kier alpha value is -0.920. The molecule has 5 nitrogen and oxygen atoms in total. The van der Waals surface area contributed by atoms with Crippen LogP contribution >= 0.6 is 15.9 Å². The molecular formula is C23H31BrN2O3S. The fourth-order valence-electron chi connectivity index (χ4n) is 6.91. The Bertz CT molecular complexity index is 872. The summed E-state index contributed by atoms with van der Waals surface area (Å²) in [6.07, 6.45) is 8.81. The van der Waals surface area contributed by atoms with Crippen LogP contribution in [-0.4, -0.2) is 37.3 Å². The van der Waals surface area contributed by atoms with Gasteiger partial charge in [-0.3, -0.25) is 4.79 Å². The van der Waals surface area contributed by atoms with Gasteiger partial charge in [-0.1, -0.05) is 28.1 Å². The second kappa shape index (κ2) is 7.89. The Balaban J connectivity index is 1.17. The highest BCUT2D eigenvalue weighted by molar-refractivity contribution is 9.10. The van der Waals surface area contributed by atoms with Gasteiger partial charge in [-0.05, 0) is 86.8 Å². The summed E-state index contributed by atoms with van der Waals surface area (Å²) in [6, 6.07) is 7.42. The second-order valence-corrected chi connectivity index (χ2v) is 13.1. The molecular weight excluding hydrogens is 464 g/mol. The molecule has 30 heavy (non-hydrogen) atoms. The lowest BCUT2D eigenvalue weighted by Crippen LogP contribution is -2.61. The third kappa shape index (κ3) is 4.22. The van der Waals surface area contributed by atoms with Crippen LogP contribution in [0, 0.1) is 23.7 Å². The van der Waals surface area contributed by atoms with Crippen molar-refractivity contribution in [3.8, 4) is 0 Å². The van der Waals surface area contributed by atoms with E-state index in [-0.39, 0.29) is 23.1 Å². The van der Waals surface area contributed by atoms with E-state index in [1.54, 1.807) is 4.31 Å². The Morgan fingerprint density at radius 3 is 2.07 bits per heavy atom. The van der Waals surface area contributed by atoms with Crippen molar-refractivity contribution in [1.29, 1.82) is 0 Å². The molecule has 164 valence electrons.